The third-order valence-electron chi connectivity index (χ3n) is 2.58. The molecule has 0 spiro atoms. The molecule has 0 aliphatic carbocycles. The maximum absolute atomic E-state index is 11.2. The van der Waals surface area contributed by atoms with Crippen LogP contribution in [0.5, 0.6) is 11.5 Å². The first kappa shape index (κ1) is 9.08. The summed E-state index contributed by atoms with van der Waals surface area (Å²) in [7, 11) is 0. The minimum Gasteiger partial charge on any atom is -0.454 e. The second-order valence-corrected chi connectivity index (χ2v) is 3.65. The number of fused-ring (bicyclic) bond motifs is 1. The molecular weight excluding hydrogens is 208 g/mol. The van der Waals surface area contributed by atoms with Gasteiger partial charge in [-0.2, -0.15) is 0 Å². The van der Waals surface area contributed by atoms with Gasteiger partial charge in [0.15, 0.2) is 11.5 Å². The van der Waals surface area contributed by atoms with Crippen LogP contribution in [0.3, 0.4) is 0 Å². The van der Waals surface area contributed by atoms with E-state index in [-0.39, 0.29) is 12.5 Å². The Morgan fingerprint density at radius 1 is 1.19 bits per heavy atom. The Balaban J connectivity index is 2.14. The van der Waals surface area contributed by atoms with Crippen LogP contribution >= 0.6 is 0 Å². The van der Waals surface area contributed by atoms with Gasteiger partial charge in [-0.1, -0.05) is 0 Å². The molecule has 0 saturated carbocycles. The van der Waals surface area contributed by atoms with E-state index in [0.29, 0.717) is 5.75 Å². The fourth-order valence-corrected chi connectivity index (χ4v) is 1.81. The molecule has 1 aromatic carbocycles. The van der Waals surface area contributed by atoms with Gasteiger partial charge in [0.2, 0.25) is 6.79 Å². The number of benzene rings is 1. The van der Waals surface area contributed by atoms with Crippen LogP contribution in [0.1, 0.15) is 5.69 Å². The summed E-state index contributed by atoms with van der Waals surface area (Å²) in [6.07, 6.45) is 0. The number of ether oxygens (including phenoxy) is 2. The second-order valence-electron chi connectivity index (χ2n) is 3.65. The molecule has 82 valence electrons. The third-order valence-corrected chi connectivity index (χ3v) is 2.58. The van der Waals surface area contributed by atoms with Gasteiger partial charge in [0.25, 0.3) is 0 Å². The molecule has 3 rings (SSSR count). The van der Waals surface area contributed by atoms with Gasteiger partial charge in [0.05, 0.1) is 5.69 Å². The van der Waals surface area contributed by atoms with Crippen molar-refractivity contribution in [3.63, 3.8) is 0 Å². The van der Waals surface area contributed by atoms with Crippen molar-refractivity contribution in [1.82, 2.24) is 9.97 Å². The Morgan fingerprint density at radius 3 is 2.75 bits per heavy atom. The van der Waals surface area contributed by atoms with E-state index in [1.54, 1.807) is 0 Å². The minimum atomic E-state index is -0.204. The maximum Gasteiger partial charge on any atom is 0.323 e. The Hall–Kier alpha value is -2.17. The monoisotopic (exact) mass is 218 g/mol. The van der Waals surface area contributed by atoms with Crippen molar-refractivity contribution in [1.29, 1.82) is 0 Å². The third kappa shape index (κ3) is 1.29. The highest BCUT2D eigenvalue weighted by atomic mass is 16.7. The highest BCUT2D eigenvalue weighted by Gasteiger charge is 2.15. The lowest BCUT2D eigenvalue weighted by Gasteiger charge is -2.01. The average Bonchev–Trinajstić information content (AvgIpc) is 2.83. The van der Waals surface area contributed by atoms with Gasteiger partial charge in [0.1, 0.15) is 0 Å². The van der Waals surface area contributed by atoms with Crippen LogP contribution in [0, 0.1) is 6.92 Å². The quantitative estimate of drug-likeness (QED) is 0.760. The Bertz CT molecular complexity index is 598. The molecule has 0 saturated heterocycles. The summed E-state index contributed by atoms with van der Waals surface area (Å²) >= 11 is 0. The molecule has 0 fully saturated rings. The molecule has 0 radical (unpaired) electrons. The maximum atomic E-state index is 11.2. The van der Waals surface area contributed by atoms with Crippen LogP contribution in [0.2, 0.25) is 0 Å². The van der Waals surface area contributed by atoms with Crippen molar-refractivity contribution in [3.8, 4) is 22.8 Å². The van der Waals surface area contributed by atoms with Crippen molar-refractivity contribution in [2.45, 2.75) is 6.92 Å². The Labute approximate surface area is 91.0 Å². The smallest absolute Gasteiger partial charge is 0.323 e. The molecule has 16 heavy (non-hydrogen) atoms. The van der Waals surface area contributed by atoms with Gasteiger partial charge in [-0.05, 0) is 25.1 Å². The minimum absolute atomic E-state index is 0.204. The summed E-state index contributed by atoms with van der Waals surface area (Å²) in [5.74, 6) is 1.44. The first-order chi connectivity index (χ1) is 7.74. The van der Waals surface area contributed by atoms with E-state index < -0.39 is 0 Å². The molecule has 1 aliphatic heterocycles. The van der Waals surface area contributed by atoms with Crippen LogP contribution in [0.4, 0.5) is 0 Å². The zero-order valence-electron chi connectivity index (χ0n) is 8.66. The highest BCUT2D eigenvalue weighted by Crippen LogP contribution is 2.35. The van der Waals surface area contributed by atoms with Crippen molar-refractivity contribution < 1.29 is 9.47 Å². The number of aromatic amines is 2. The number of rotatable bonds is 1. The Kier molecular flexibility index (Phi) is 1.80. The predicted octanol–water partition coefficient (Wildman–Crippen LogP) is 1.41. The van der Waals surface area contributed by atoms with Crippen LogP contribution in [-0.2, 0) is 0 Å². The first-order valence-corrected chi connectivity index (χ1v) is 4.93. The van der Waals surface area contributed by atoms with Gasteiger partial charge in [0, 0.05) is 11.3 Å². The predicted molar refractivity (Wildman–Crippen MR) is 57.7 cm³/mol. The molecular formula is C11H10N2O3. The van der Waals surface area contributed by atoms with Crippen molar-refractivity contribution in [2.75, 3.05) is 6.79 Å². The number of hydrogen-bond acceptors (Lipinski definition) is 3. The average molecular weight is 218 g/mol. The van der Waals surface area contributed by atoms with Crippen LogP contribution < -0.4 is 15.2 Å². The lowest BCUT2D eigenvalue weighted by Crippen LogP contribution is -2.00. The Morgan fingerprint density at radius 2 is 2.00 bits per heavy atom. The molecule has 0 unspecified atom stereocenters. The van der Waals surface area contributed by atoms with Crippen molar-refractivity contribution in [3.05, 3.63) is 34.4 Å². The largest absolute Gasteiger partial charge is 0.454 e. The number of nitrogens with one attached hydrogen (secondary N) is 2. The summed E-state index contributed by atoms with van der Waals surface area (Å²) in [5, 5.41) is 0. The SMILES string of the molecule is Cc1[nH]c(=O)[nH]c1-c1ccc2c(c1)OCO2. The van der Waals surface area contributed by atoms with Crippen molar-refractivity contribution in [2.24, 2.45) is 0 Å². The molecule has 0 amide bonds. The highest BCUT2D eigenvalue weighted by molar-refractivity contribution is 5.66. The van der Waals surface area contributed by atoms with E-state index in [4.69, 9.17) is 9.47 Å². The molecule has 5 heteroatoms. The van der Waals surface area contributed by atoms with E-state index >= 15 is 0 Å². The van der Waals surface area contributed by atoms with Gasteiger partial charge in [-0.15, -0.1) is 0 Å². The zero-order chi connectivity index (χ0) is 11.1. The van der Waals surface area contributed by atoms with Crippen LogP contribution in [-0.4, -0.2) is 16.8 Å². The van der Waals surface area contributed by atoms with E-state index in [2.05, 4.69) is 9.97 Å². The van der Waals surface area contributed by atoms with E-state index in [0.717, 1.165) is 22.7 Å². The molecule has 0 bridgehead atoms. The van der Waals surface area contributed by atoms with Gasteiger partial charge >= 0.3 is 5.69 Å². The number of H-pyrrole nitrogens is 2. The van der Waals surface area contributed by atoms with E-state index in [1.165, 1.54) is 0 Å². The lowest BCUT2D eigenvalue weighted by molar-refractivity contribution is 0.174. The summed E-state index contributed by atoms with van der Waals surface area (Å²) < 4.78 is 10.5. The second kappa shape index (κ2) is 3.16. The summed E-state index contributed by atoms with van der Waals surface area (Å²) in [5.41, 5.74) is 2.29. The van der Waals surface area contributed by atoms with E-state index in [9.17, 15) is 4.79 Å². The number of aryl methyl sites for hydroxylation is 1. The lowest BCUT2D eigenvalue weighted by atomic mass is 10.1. The molecule has 0 atom stereocenters. The first-order valence-electron chi connectivity index (χ1n) is 4.93. The number of aromatic nitrogens is 2. The molecule has 2 heterocycles. The zero-order valence-corrected chi connectivity index (χ0v) is 8.66. The number of imidazole rings is 1. The van der Waals surface area contributed by atoms with Crippen LogP contribution in [0.25, 0.3) is 11.3 Å². The normalized spacial score (nSPS) is 13.1. The van der Waals surface area contributed by atoms with E-state index in [1.807, 2.05) is 25.1 Å². The van der Waals surface area contributed by atoms with Gasteiger partial charge in [-0.25, -0.2) is 4.79 Å². The molecule has 2 aromatic rings. The molecule has 5 nitrogen and oxygen atoms in total. The standard InChI is InChI=1S/C11H10N2O3/c1-6-10(13-11(14)12-6)7-2-3-8-9(4-7)16-5-15-8/h2-4H,5H2,1H3,(H2,12,13,14). The van der Waals surface area contributed by atoms with Gasteiger partial charge in [-0.3, -0.25) is 0 Å². The van der Waals surface area contributed by atoms with Crippen LogP contribution in [0.15, 0.2) is 23.0 Å². The van der Waals surface area contributed by atoms with Crippen molar-refractivity contribution >= 4 is 0 Å². The molecule has 1 aromatic heterocycles. The summed E-state index contributed by atoms with van der Waals surface area (Å²) in [6.45, 7) is 2.10. The molecule has 1 aliphatic rings. The fourth-order valence-electron chi connectivity index (χ4n) is 1.81. The van der Waals surface area contributed by atoms with Gasteiger partial charge < -0.3 is 19.4 Å². The summed E-state index contributed by atoms with van der Waals surface area (Å²) in [6, 6.07) is 5.58. The molecule has 2 N–H and O–H groups in total. The fraction of sp³-hybridized carbons (Fsp3) is 0.182. The topological polar surface area (TPSA) is 67.1 Å². The summed E-state index contributed by atoms with van der Waals surface area (Å²) in [4.78, 5) is 16.6. The number of hydrogen-bond donors (Lipinski definition) is 2.